The largest absolute Gasteiger partial charge is 0.331 e. The summed E-state index contributed by atoms with van der Waals surface area (Å²) in [5.74, 6) is -0.593. The molecule has 0 saturated heterocycles. The number of aromatic nitrogens is 2. The minimum atomic E-state index is -4.21. The highest BCUT2D eigenvalue weighted by atomic mass is 35.5. The topological polar surface area (TPSA) is 93.1 Å². The lowest BCUT2D eigenvalue weighted by molar-refractivity contribution is 0.246. The van der Waals surface area contributed by atoms with Crippen LogP contribution in [0.1, 0.15) is 29.7 Å². The summed E-state index contributed by atoms with van der Waals surface area (Å²) >= 11 is 24.5. The number of hydrogen-bond donors (Lipinski definition) is 2. The second-order valence-electron chi connectivity index (χ2n) is 7.62. The molecule has 0 spiro atoms. The van der Waals surface area contributed by atoms with Crippen LogP contribution in [0.2, 0.25) is 19.4 Å². The van der Waals surface area contributed by atoms with Crippen LogP contribution >= 0.6 is 57.7 Å². The van der Waals surface area contributed by atoms with Gasteiger partial charge < -0.3 is 5.32 Å². The molecule has 35 heavy (non-hydrogen) atoms. The number of nitrogens with zero attached hydrogens (tertiary/aromatic N) is 2. The lowest BCUT2D eigenvalue weighted by Crippen LogP contribution is -2.39. The third-order valence-corrected chi connectivity index (χ3v) is 9.51. The van der Waals surface area contributed by atoms with Gasteiger partial charge in [-0.05, 0) is 48.6 Å². The first kappa shape index (κ1) is 26.2. The van der Waals surface area contributed by atoms with Crippen LogP contribution in [-0.2, 0) is 23.0 Å². The molecule has 4 rings (SSSR count). The predicted molar refractivity (Wildman–Crippen MR) is 137 cm³/mol. The number of halogens is 5. The molecule has 186 valence electrons. The van der Waals surface area contributed by atoms with Gasteiger partial charge in [-0.3, -0.25) is 4.68 Å². The van der Waals surface area contributed by atoms with E-state index in [1.54, 1.807) is 29.1 Å². The van der Waals surface area contributed by atoms with Gasteiger partial charge in [-0.1, -0.05) is 52.5 Å². The Labute approximate surface area is 224 Å². The molecule has 1 aliphatic carbocycles. The molecule has 7 nitrogen and oxygen atoms in total. The average Bonchev–Trinajstić information content (AvgIpc) is 3.37. The van der Waals surface area contributed by atoms with Crippen molar-refractivity contribution in [1.29, 1.82) is 0 Å². The van der Waals surface area contributed by atoms with Gasteiger partial charge >= 0.3 is 6.03 Å². The maximum atomic E-state index is 15.2. The minimum absolute atomic E-state index is 0.0535. The summed E-state index contributed by atoms with van der Waals surface area (Å²) in [6.07, 6.45) is 3.57. The third kappa shape index (κ3) is 5.95. The summed E-state index contributed by atoms with van der Waals surface area (Å²) in [5.41, 5.74) is 2.67. The van der Waals surface area contributed by atoms with Crippen molar-refractivity contribution in [1.82, 2.24) is 19.8 Å². The van der Waals surface area contributed by atoms with Crippen LogP contribution < -0.4 is 10.0 Å². The van der Waals surface area contributed by atoms with E-state index < -0.39 is 28.4 Å². The number of fused-ring (bicyclic) bond motifs is 1. The number of carbonyl (C=O) groups is 1. The number of hydrogen-bond acceptors (Lipinski definition) is 5. The molecule has 2 heterocycles. The number of rotatable bonds is 6. The van der Waals surface area contributed by atoms with Crippen molar-refractivity contribution < 1.29 is 17.6 Å². The molecular formula is C21H17Cl4FN4O3S2. The van der Waals surface area contributed by atoms with Gasteiger partial charge in [-0.15, -0.1) is 11.3 Å². The number of benzene rings is 1. The Morgan fingerprint density at radius 3 is 2.60 bits per heavy atom. The van der Waals surface area contributed by atoms with Gasteiger partial charge in [-0.2, -0.15) is 5.10 Å². The van der Waals surface area contributed by atoms with Crippen molar-refractivity contribution in [2.24, 2.45) is 0 Å². The fourth-order valence-electron chi connectivity index (χ4n) is 3.66. The van der Waals surface area contributed by atoms with Crippen molar-refractivity contribution in [3.63, 3.8) is 0 Å². The molecule has 0 fully saturated rings. The minimum Gasteiger partial charge on any atom is -0.331 e. The zero-order valence-electron chi connectivity index (χ0n) is 17.7. The van der Waals surface area contributed by atoms with E-state index in [0.29, 0.717) is 52.0 Å². The molecule has 0 atom stereocenters. The average molecular weight is 598 g/mol. The van der Waals surface area contributed by atoms with E-state index in [0.717, 1.165) is 23.6 Å². The smallest absolute Gasteiger partial charge is 0.329 e. The molecule has 0 bridgehead atoms. The molecule has 0 saturated carbocycles. The summed E-state index contributed by atoms with van der Waals surface area (Å²) in [4.78, 5) is 12.2. The molecule has 2 aromatic heterocycles. The summed E-state index contributed by atoms with van der Waals surface area (Å²) < 4.78 is 43.2. The zero-order valence-corrected chi connectivity index (χ0v) is 22.4. The van der Waals surface area contributed by atoms with E-state index in [-0.39, 0.29) is 13.6 Å². The Morgan fingerprint density at radius 1 is 1.14 bits per heavy atom. The van der Waals surface area contributed by atoms with Gasteiger partial charge in [0.25, 0.3) is 10.0 Å². The molecule has 0 aliphatic heterocycles. The van der Waals surface area contributed by atoms with E-state index in [1.807, 2.05) is 4.72 Å². The molecule has 14 heteroatoms. The molecular weight excluding hydrogens is 581 g/mol. The van der Waals surface area contributed by atoms with Gasteiger partial charge in [0.1, 0.15) is 14.4 Å². The van der Waals surface area contributed by atoms with Crippen LogP contribution in [0.25, 0.3) is 5.57 Å². The Balaban J connectivity index is 1.50. The highest BCUT2D eigenvalue weighted by Crippen LogP contribution is 2.35. The standard InChI is InChI=1S/C21H17Cl4FN4O3S2/c22-13-5-4-12(15(23)6-13)10-30-19-11(8-28-30)2-1-3-14(19)17(26)9-27-21(31)29-35(32,33)18-7-16(24)20(25)34-18/h4-8H,1-3,9-10H2,(H2,27,29,31). The van der Waals surface area contributed by atoms with E-state index >= 15 is 4.39 Å². The van der Waals surface area contributed by atoms with Crippen LogP contribution in [-0.4, -0.2) is 30.8 Å². The SMILES string of the molecule is O=C(NCC(F)=C1CCCc2cnn(Cc3ccc(Cl)cc3Cl)c21)NS(=O)(=O)c1cc(Cl)c(Cl)s1. The Hall–Kier alpha value is -1.82. The first-order valence-electron chi connectivity index (χ1n) is 10.2. The first-order chi connectivity index (χ1) is 16.5. The summed E-state index contributed by atoms with van der Waals surface area (Å²) in [7, 11) is -4.21. The van der Waals surface area contributed by atoms with Crippen LogP contribution in [0.3, 0.4) is 0 Å². The van der Waals surface area contributed by atoms with Crippen LogP contribution in [0, 0.1) is 0 Å². The molecule has 3 aromatic rings. The van der Waals surface area contributed by atoms with Crippen molar-refractivity contribution >= 4 is 79.4 Å². The lowest BCUT2D eigenvalue weighted by atomic mass is 9.92. The van der Waals surface area contributed by atoms with Crippen LogP contribution in [0.4, 0.5) is 9.18 Å². The Bertz CT molecular complexity index is 1420. The van der Waals surface area contributed by atoms with Gasteiger partial charge in [0.2, 0.25) is 0 Å². The molecule has 1 aliphatic rings. The second-order valence-corrected chi connectivity index (χ2v) is 12.4. The fraction of sp³-hybridized carbons (Fsp3) is 0.238. The zero-order chi connectivity index (χ0) is 25.3. The van der Waals surface area contributed by atoms with E-state index in [1.165, 1.54) is 0 Å². The number of thiophene rings is 1. The third-order valence-electron chi connectivity index (χ3n) is 5.26. The predicted octanol–water partition coefficient (Wildman–Crippen LogP) is 6.31. The van der Waals surface area contributed by atoms with Crippen molar-refractivity contribution in [2.45, 2.75) is 30.0 Å². The molecule has 1 aromatic carbocycles. The van der Waals surface area contributed by atoms with Crippen LogP contribution in [0.5, 0.6) is 0 Å². The van der Waals surface area contributed by atoms with Crippen LogP contribution in [0.15, 0.2) is 40.5 Å². The summed E-state index contributed by atoms with van der Waals surface area (Å²) in [6, 6.07) is 5.16. The molecule has 2 amide bonds. The highest BCUT2D eigenvalue weighted by Gasteiger charge is 2.25. The number of amides is 2. The quantitative estimate of drug-likeness (QED) is 0.348. The number of allylic oxidation sites excluding steroid dienone is 1. The van der Waals surface area contributed by atoms with Gasteiger partial charge in [0.05, 0.1) is 30.0 Å². The Kier molecular flexibility index (Phi) is 7.99. The molecule has 0 unspecified atom stereocenters. The fourth-order valence-corrected chi connectivity index (χ4v) is 6.94. The Morgan fingerprint density at radius 2 is 1.91 bits per heavy atom. The van der Waals surface area contributed by atoms with Gasteiger partial charge in [0, 0.05) is 15.6 Å². The number of sulfonamides is 1. The normalized spacial score (nSPS) is 15.0. The molecule has 0 radical (unpaired) electrons. The summed E-state index contributed by atoms with van der Waals surface area (Å²) in [5, 5.41) is 7.67. The summed E-state index contributed by atoms with van der Waals surface area (Å²) in [6.45, 7) is -0.199. The van der Waals surface area contributed by atoms with Gasteiger partial charge in [0.15, 0.2) is 0 Å². The van der Waals surface area contributed by atoms with E-state index in [9.17, 15) is 13.2 Å². The maximum absolute atomic E-state index is 15.2. The number of nitrogens with one attached hydrogen (secondary N) is 2. The highest BCUT2D eigenvalue weighted by molar-refractivity contribution is 7.92. The van der Waals surface area contributed by atoms with E-state index in [4.69, 9.17) is 46.4 Å². The second kappa shape index (κ2) is 10.7. The monoisotopic (exact) mass is 596 g/mol. The maximum Gasteiger partial charge on any atom is 0.329 e. The van der Waals surface area contributed by atoms with E-state index in [2.05, 4.69) is 10.4 Å². The van der Waals surface area contributed by atoms with Crippen molar-refractivity contribution in [3.05, 3.63) is 72.5 Å². The van der Waals surface area contributed by atoms with Crippen molar-refractivity contribution in [3.8, 4) is 0 Å². The lowest BCUT2D eigenvalue weighted by Gasteiger charge is -2.19. The number of carbonyl (C=O) groups excluding carboxylic acids is 1. The molecule has 2 N–H and O–H groups in total. The number of aryl methyl sites for hydroxylation is 1. The van der Waals surface area contributed by atoms with Crippen molar-refractivity contribution in [2.75, 3.05) is 6.54 Å². The first-order valence-corrected chi connectivity index (χ1v) is 14.0. The van der Waals surface area contributed by atoms with Gasteiger partial charge in [-0.25, -0.2) is 22.3 Å². The number of urea groups is 1.